The summed E-state index contributed by atoms with van der Waals surface area (Å²) in [4.78, 5) is 11.9. The first-order chi connectivity index (χ1) is 12.3. The smallest absolute Gasteiger partial charge is 0.248 e. The fraction of sp³-hybridized carbons (Fsp3) is 0.824. The first-order valence-electron chi connectivity index (χ1n) is 9.44. The van der Waals surface area contributed by atoms with Gasteiger partial charge in [0.05, 0.1) is 19.8 Å². The topological polar surface area (TPSA) is 67.6 Å². The van der Waals surface area contributed by atoms with Gasteiger partial charge < -0.3 is 10.1 Å². The third-order valence-electron chi connectivity index (χ3n) is 5.40. The Morgan fingerprint density at radius 3 is 3.00 bits per heavy atom. The highest BCUT2D eigenvalue weighted by atomic mass is 32.2. The van der Waals surface area contributed by atoms with Crippen LogP contribution in [-0.2, 0) is 11.3 Å². The van der Waals surface area contributed by atoms with Gasteiger partial charge in [0.25, 0.3) is 0 Å². The predicted octanol–water partition coefficient (Wildman–Crippen LogP) is 1.57. The summed E-state index contributed by atoms with van der Waals surface area (Å²) in [5, 5.41) is 9.13. The van der Waals surface area contributed by atoms with Gasteiger partial charge in [-0.3, -0.25) is 4.90 Å². The molecular weight excluding hydrogens is 336 g/mol. The number of morpholine rings is 1. The van der Waals surface area contributed by atoms with E-state index in [0.29, 0.717) is 12.0 Å². The van der Waals surface area contributed by atoms with Gasteiger partial charge in [-0.25, -0.2) is 9.67 Å². The number of rotatable bonds is 6. The number of hydrogen-bond acceptors (Lipinski definition) is 7. The van der Waals surface area contributed by atoms with Crippen molar-refractivity contribution in [1.82, 2.24) is 25.0 Å². The van der Waals surface area contributed by atoms with Crippen molar-refractivity contribution >= 4 is 23.4 Å². The molecular formula is C17H28N6OS. The van der Waals surface area contributed by atoms with E-state index in [4.69, 9.17) is 9.73 Å². The molecule has 2 aliphatic heterocycles. The standard InChI is InChI=1S/C17H28N6OS/c1-25-17-20-16-19-15-13(12-23(16)21-17)4-2-5-14(15)18-6-3-7-22-8-10-24-11-9-22/h13-14,18H,2-12H2,1H3. The molecule has 0 bridgehead atoms. The highest BCUT2D eigenvalue weighted by Gasteiger charge is 2.33. The summed E-state index contributed by atoms with van der Waals surface area (Å²) in [5.74, 6) is 1.31. The Morgan fingerprint density at radius 2 is 2.16 bits per heavy atom. The van der Waals surface area contributed by atoms with E-state index in [2.05, 4.69) is 20.3 Å². The second-order valence-corrected chi connectivity index (χ2v) is 7.83. The molecule has 2 fully saturated rings. The Hall–Kier alpha value is -0.960. The van der Waals surface area contributed by atoms with E-state index in [-0.39, 0.29) is 0 Å². The minimum atomic E-state index is 0.409. The van der Waals surface area contributed by atoms with Crippen LogP contribution >= 0.6 is 11.8 Å². The lowest BCUT2D eigenvalue weighted by atomic mass is 9.83. The van der Waals surface area contributed by atoms with Crippen LogP contribution in [0, 0.1) is 5.92 Å². The van der Waals surface area contributed by atoms with Gasteiger partial charge in [0.2, 0.25) is 11.1 Å². The Morgan fingerprint density at radius 1 is 1.28 bits per heavy atom. The predicted molar refractivity (Wildman–Crippen MR) is 99.9 cm³/mol. The molecule has 3 aliphatic rings. The summed E-state index contributed by atoms with van der Waals surface area (Å²) in [6, 6.07) is 0.409. The van der Waals surface area contributed by atoms with Crippen molar-refractivity contribution in [2.24, 2.45) is 10.9 Å². The summed E-state index contributed by atoms with van der Waals surface area (Å²) < 4.78 is 7.40. The van der Waals surface area contributed by atoms with Gasteiger partial charge in [0.15, 0.2) is 0 Å². The second-order valence-electron chi connectivity index (χ2n) is 7.06. The molecule has 1 N–H and O–H groups in total. The maximum absolute atomic E-state index is 5.41. The highest BCUT2D eigenvalue weighted by molar-refractivity contribution is 7.98. The normalized spacial score (nSPS) is 26.8. The summed E-state index contributed by atoms with van der Waals surface area (Å²) in [6.45, 7) is 7.06. The lowest BCUT2D eigenvalue weighted by Gasteiger charge is -2.34. The highest BCUT2D eigenvalue weighted by Crippen LogP contribution is 2.31. The first kappa shape index (κ1) is 17.5. The summed E-state index contributed by atoms with van der Waals surface area (Å²) in [7, 11) is 0. The van der Waals surface area contributed by atoms with Gasteiger partial charge >= 0.3 is 0 Å². The molecule has 7 nitrogen and oxygen atoms in total. The van der Waals surface area contributed by atoms with Gasteiger partial charge in [0.1, 0.15) is 0 Å². The molecule has 1 saturated heterocycles. The summed E-state index contributed by atoms with van der Waals surface area (Å²) >= 11 is 1.59. The van der Waals surface area contributed by atoms with E-state index in [1.165, 1.54) is 31.4 Å². The van der Waals surface area contributed by atoms with Crippen LogP contribution in [0.15, 0.2) is 10.1 Å². The Bertz CT molecular complexity index is 612. The molecule has 0 amide bonds. The van der Waals surface area contributed by atoms with Crippen LogP contribution in [0.2, 0.25) is 0 Å². The number of nitrogens with one attached hydrogen (secondary N) is 1. The molecule has 1 saturated carbocycles. The number of thioether (sulfide) groups is 1. The molecule has 1 aromatic heterocycles. The maximum atomic E-state index is 5.41. The third-order valence-corrected chi connectivity index (χ3v) is 5.94. The van der Waals surface area contributed by atoms with Gasteiger partial charge in [-0.15, -0.1) is 5.10 Å². The molecule has 8 heteroatoms. The molecule has 0 aromatic carbocycles. The lowest BCUT2D eigenvalue weighted by Crippen LogP contribution is -2.46. The van der Waals surface area contributed by atoms with E-state index >= 15 is 0 Å². The molecule has 2 atom stereocenters. The Balaban J connectivity index is 1.33. The van der Waals surface area contributed by atoms with Crippen molar-refractivity contribution < 1.29 is 4.74 Å². The largest absolute Gasteiger partial charge is 0.379 e. The second kappa shape index (κ2) is 8.16. The van der Waals surface area contributed by atoms with Gasteiger partial charge in [-0.05, 0) is 38.6 Å². The van der Waals surface area contributed by atoms with E-state index in [1.54, 1.807) is 11.8 Å². The number of nitrogens with zero attached hydrogens (tertiary/aromatic N) is 5. The molecule has 0 radical (unpaired) electrons. The number of aromatic nitrogens is 3. The monoisotopic (exact) mass is 364 g/mol. The lowest BCUT2D eigenvalue weighted by molar-refractivity contribution is 0.0374. The van der Waals surface area contributed by atoms with Crippen LogP contribution in [0.1, 0.15) is 25.7 Å². The Kier molecular flexibility index (Phi) is 5.70. The van der Waals surface area contributed by atoms with E-state index in [0.717, 1.165) is 57.0 Å². The van der Waals surface area contributed by atoms with Crippen molar-refractivity contribution in [2.75, 3.05) is 45.6 Å². The van der Waals surface area contributed by atoms with Gasteiger partial charge in [0, 0.05) is 30.8 Å². The number of hydrogen-bond donors (Lipinski definition) is 1. The van der Waals surface area contributed by atoms with Gasteiger partial charge in [-0.2, -0.15) is 4.98 Å². The molecule has 3 heterocycles. The summed E-state index contributed by atoms with van der Waals surface area (Å²) in [5.41, 5.74) is 1.31. The molecule has 0 spiro atoms. The SMILES string of the molecule is CSc1nc2n(n1)CC1CCCC(NCCCN3CCOCC3)C1=N2. The van der Waals surface area contributed by atoms with E-state index < -0.39 is 0 Å². The summed E-state index contributed by atoms with van der Waals surface area (Å²) in [6.07, 6.45) is 6.88. The molecule has 1 aliphatic carbocycles. The molecule has 25 heavy (non-hydrogen) atoms. The minimum Gasteiger partial charge on any atom is -0.379 e. The van der Waals surface area contributed by atoms with E-state index in [1.807, 2.05) is 10.9 Å². The van der Waals surface area contributed by atoms with Gasteiger partial charge in [-0.1, -0.05) is 18.2 Å². The van der Waals surface area contributed by atoms with Crippen LogP contribution in [-0.4, -0.2) is 77.1 Å². The molecule has 4 rings (SSSR count). The van der Waals surface area contributed by atoms with Crippen molar-refractivity contribution in [3.05, 3.63) is 0 Å². The van der Waals surface area contributed by atoms with Crippen LogP contribution in [0.25, 0.3) is 0 Å². The maximum Gasteiger partial charge on any atom is 0.248 e. The van der Waals surface area contributed by atoms with Crippen molar-refractivity contribution in [1.29, 1.82) is 0 Å². The Labute approximate surface area is 153 Å². The molecule has 1 aromatic rings. The quantitative estimate of drug-likeness (QED) is 0.610. The fourth-order valence-electron chi connectivity index (χ4n) is 4.04. The van der Waals surface area contributed by atoms with Crippen LogP contribution in [0.5, 0.6) is 0 Å². The third kappa shape index (κ3) is 4.07. The minimum absolute atomic E-state index is 0.409. The van der Waals surface area contributed by atoms with Crippen molar-refractivity contribution in [3.8, 4) is 0 Å². The average molecular weight is 365 g/mol. The number of fused-ring (bicyclic) bond motifs is 2. The van der Waals surface area contributed by atoms with E-state index in [9.17, 15) is 0 Å². The average Bonchev–Trinajstić information content (AvgIpc) is 3.06. The first-order valence-corrected chi connectivity index (χ1v) is 10.7. The zero-order valence-corrected chi connectivity index (χ0v) is 15.8. The van der Waals surface area contributed by atoms with Crippen molar-refractivity contribution in [2.45, 2.75) is 43.4 Å². The van der Waals surface area contributed by atoms with Crippen LogP contribution < -0.4 is 5.32 Å². The number of ether oxygens (including phenoxy) is 1. The molecule has 2 unspecified atom stereocenters. The zero-order valence-electron chi connectivity index (χ0n) is 15.0. The van der Waals surface area contributed by atoms with Crippen molar-refractivity contribution in [3.63, 3.8) is 0 Å². The van der Waals surface area contributed by atoms with Crippen LogP contribution in [0.4, 0.5) is 5.95 Å². The molecule has 138 valence electrons. The fourth-order valence-corrected chi connectivity index (χ4v) is 4.40. The zero-order chi connectivity index (χ0) is 17.1. The van der Waals surface area contributed by atoms with Crippen LogP contribution in [0.3, 0.4) is 0 Å². The number of aliphatic imine (C=N–C) groups is 1.